The number of hydrogen-bond donors (Lipinski definition) is 1. The first-order chi connectivity index (χ1) is 9.24. The van der Waals surface area contributed by atoms with Gasteiger partial charge in [0.2, 0.25) is 0 Å². The van der Waals surface area contributed by atoms with E-state index in [2.05, 4.69) is 10.3 Å². The highest BCUT2D eigenvalue weighted by atomic mass is 35.5. The second-order valence-corrected chi connectivity index (χ2v) is 4.89. The Morgan fingerprint density at radius 3 is 2.95 bits per heavy atom. The highest BCUT2D eigenvalue weighted by molar-refractivity contribution is 6.29. The molecule has 6 heteroatoms. The van der Waals surface area contributed by atoms with Crippen molar-refractivity contribution < 1.29 is 14.3 Å². The van der Waals surface area contributed by atoms with Crippen LogP contribution in [0.4, 0.5) is 4.79 Å². The molecule has 0 unspecified atom stereocenters. The number of nitrogens with one attached hydrogen (secondary N) is 1. The number of rotatable bonds is 7. The summed E-state index contributed by atoms with van der Waals surface area (Å²) in [5, 5.41) is 3.18. The number of pyridine rings is 1. The molecule has 1 saturated carbocycles. The Morgan fingerprint density at radius 1 is 1.42 bits per heavy atom. The Kier molecular flexibility index (Phi) is 5.42. The van der Waals surface area contributed by atoms with Crippen molar-refractivity contribution in [3.05, 3.63) is 29.0 Å². The number of amides is 1. The molecule has 1 aromatic rings. The van der Waals surface area contributed by atoms with Gasteiger partial charge < -0.3 is 14.8 Å². The lowest BCUT2D eigenvalue weighted by Gasteiger charge is -2.07. The van der Waals surface area contributed by atoms with Gasteiger partial charge in [0.1, 0.15) is 11.8 Å². The van der Waals surface area contributed by atoms with E-state index < -0.39 is 0 Å². The summed E-state index contributed by atoms with van der Waals surface area (Å²) in [4.78, 5) is 15.2. The molecule has 1 N–H and O–H groups in total. The quantitative estimate of drug-likeness (QED) is 0.617. The van der Waals surface area contributed by atoms with Crippen LogP contribution in [0.3, 0.4) is 0 Å². The number of carbonyl (C=O) groups excluding carboxylic acids is 1. The molecule has 1 amide bonds. The van der Waals surface area contributed by atoms with Crippen LogP contribution in [-0.2, 0) is 16.1 Å². The molecule has 0 radical (unpaired) electrons. The van der Waals surface area contributed by atoms with Crippen LogP contribution in [-0.4, -0.2) is 30.8 Å². The van der Waals surface area contributed by atoms with Crippen molar-refractivity contribution in [2.45, 2.75) is 19.4 Å². The van der Waals surface area contributed by atoms with E-state index in [1.54, 1.807) is 12.3 Å². The lowest BCUT2D eigenvalue weighted by molar-refractivity contribution is 0.0646. The molecule has 1 heterocycles. The Morgan fingerprint density at radius 2 is 2.26 bits per heavy atom. The van der Waals surface area contributed by atoms with Gasteiger partial charge in [0, 0.05) is 12.7 Å². The predicted octanol–water partition coefficient (Wildman–Crippen LogP) is 2.39. The van der Waals surface area contributed by atoms with Gasteiger partial charge >= 0.3 is 6.09 Å². The molecular weight excluding hydrogens is 268 g/mol. The van der Waals surface area contributed by atoms with Crippen molar-refractivity contribution in [3.63, 3.8) is 0 Å². The summed E-state index contributed by atoms with van der Waals surface area (Å²) >= 11 is 5.67. The summed E-state index contributed by atoms with van der Waals surface area (Å²) in [6.45, 7) is 1.75. The molecule has 2 rings (SSSR count). The highest BCUT2D eigenvalue weighted by Crippen LogP contribution is 2.27. The van der Waals surface area contributed by atoms with Gasteiger partial charge in [0.15, 0.2) is 0 Å². The Labute approximate surface area is 117 Å². The number of halogens is 1. The summed E-state index contributed by atoms with van der Waals surface area (Å²) in [7, 11) is 0. The zero-order chi connectivity index (χ0) is 13.5. The summed E-state index contributed by atoms with van der Waals surface area (Å²) < 4.78 is 10.3. The largest absolute Gasteiger partial charge is 0.447 e. The van der Waals surface area contributed by atoms with Crippen LogP contribution in [0.2, 0.25) is 5.15 Å². The molecule has 0 saturated heterocycles. The molecule has 5 nitrogen and oxygen atoms in total. The van der Waals surface area contributed by atoms with E-state index in [9.17, 15) is 4.79 Å². The predicted molar refractivity (Wildman–Crippen MR) is 71.0 cm³/mol. The fourth-order valence-corrected chi connectivity index (χ4v) is 1.59. The molecule has 104 valence electrons. The van der Waals surface area contributed by atoms with Crippen molar-refractivity contribution in [2.75, 3.05) is 19.8 Å². The first-order valence-corrected chi connectivity index (χ1v) is 6.70. The molecule has 1 aliphatic carbocycles. The van der Waals surface area contributed by atoms with Crippen molar-refractivity contribution in [1.29, 1.82) is 0 Å². The zero-order valence-corrected chi connectivity index (χ0v) is 11.4. The molecule has 0 spiro atoms. The zero-order valence-electron chi connectivity index (χ0n) is 10.6. The van der Waals surface area contributed by atoms with Gasteiger partial charge in [-0.05, 0) is 30.4 Å². The van der Waals surface area contributed by atoms with Crippen LogP contribution in [0.25, 0.3) is 0 Å². The Hall–Kier alpha value is -1.33. The van der Waals surface area contributed by atoms with Gasteiger partial charge in [-0.25, -0.2) is 9.78 Å². The summed E-state index contributed by atoms with van der Waals surface area (Å²) in [6.07, 6.45) is 3.70. The van der Waals surface area contributed by atoms with E-state index in [1.165, 1.54) is 12.8 Å². The van der Waals surface area contributed by atoms with Gasteiger partial charge in [0.05, 0.1) is 13.2 Å². The Bertz CT molecular complexity index is 407. The smallest absolute Gasteiger partial charge is 0.407 e. The summed E-state index contributed by atoms with van der Waals surface area (Å²) in [6, 6.07) is 3.56. The standard InChI is InChI=1S/C13H17ClN2O3/c14-12-4-3-11(8-15-12)9-18-5-6-19-13(17)16-7-10-1-2-10/h3-4,8,10H,1-2,5-7,9H2,(H,16,17). The highest BCUT2D eigenvalue weighted by Gasteiger charge is 2.21. The molecule has 1 aliphatic rings. The molecule has 0 bridgehead atoms. The van der Waals surface area contributed by atoms with Crippen molar-refractivity contribution in [1.82, 2.24) is 10.3 Å². The molecule has 1 fully saturated rings. The van der Waals surface area contributed by atoms with E-state index in [-0.39, 0.29) is 12.7 Å². The van der Waals surface area contributed by atoms with Gasteiger partial charge in [-0.1, -0.05) is 17.7 Å². The SMILES string of the molecule is O=C(NCC1CC1)OCCOCc1ccc(Cl)nc1. The molecular formula is C13H17ClN2O3. The molecule has 0 aliphatic heterocycles. The minimum Gasteiger partial charge on any atom is -0.447 e. The summed E-state index contributed by atoms with van der Waals surface area (Å²) in [5.41, 5.74) is 0.933. The number of carbonyl (C=O) groups is 1. The van der Waals surface area contributed by atoms with Crippen LogP contribution >= 0.6 is 11.6 Å². The fourth-order valence-electron chi connectivity index (χ4n) is 1.48. The van der Waals surface area contributed by atoms with Gasteiger partial charge in [-0.15, -0.1) is 0 Å². The number of ether oxygens (including phenoxy) is 2. The third-order valence-corrected chi connectivity index (χ3v) is 2.97. The van der Waals surface area contributed by atoms with E-state index >= 15 is 0 Å². The van der Waals surface area contributed by atoms with E-state index in [1.807, 2.05) is 6.07 Å². The number of alkyl carbamates (subject to hydrolysis) is 1. The molecule has 0 aromatic carbocycles. The van der Waals surface area contributed by atoms with E-state index in [0.717, 1.165) is 12.1 Å². The van der Waals surface area contributed by atoms with Gasteiger partial charge in [0.25, 0.3) is 0 Å². The second kappa shape index (κ2) is 7.31. The topological polar surface area (TPSA) is 60.5 Å². The van der Waals surface area contributed by atoms with E-state index in [4.69, 9.17) is 21.1 Å². The molecule has 19 heavy (non-hydrogen) atoms. The normalized spacial score (nSPS) is 14.2. The van der Waals surface area contributed by atoms with E-state index in [0.29, 0.717) is 24.3 Å². The van der Waals surface area contributed by atoms with Crippen LogP contribution in [0.15, 0.2) is 18.3 Å². The van der Waals surface area contributed by atoms with Crippen molar-refractivity contribution in [2.24, 2.45) is 5.92 Å². The molecule has 0 atom stereocenters. The van der Waals surface area contributed by atoms with Crippen molar-refractivity contribution in [3.8, 4) is 0 Å². The number of nitrogens with zero attached hydrogens (tertiary/aromatic N) is 1. The van der Waals surface area contributed by atoms with Crippen LogP contribution in [0, 0.1) is 5.92 Å². The fraction of sp³-hybridized carbons (Fsp3) is 0.538. The minimum atomic E-state index is -0.372. The van der Waals surface area contributed by atoms with Crippen molar-refractivity contribution >= 4 is 17.7 Å². The maximum absolute atomic E-state index is 11.2. The average Bonchev–Trinajstić information content (AvgIpc) is 3.22. The van der Waals surface area contributed by atoms with Gasteiger partial charge in [-0.3, -0.25) is 0 Å². The van der Waals surface area contributed by atoms with Crippen LogP contribution in [0.5, 0.6) is 0 Å². The third-order valence-electron chi connectivity index (χ3n) is 2.75. The number of aromatic nitrogens is 1. The first kappa shape index (κ1) is 14.1. The molecule has 1 aromatic heterocycles. The third kappa shape index (κ3) is 5.89. The lowest BCUT2D eigenvalue weighted by atomic mass is 10.3. The summed E-state index contributed by atoms with van der Waals surface area (Å²) in [5.74, 6) is 0.654. The maximum Gasteiger partial charge on any atom is 0.407 e. The average molecular weight is 285 g/mol. The minimum absolute atomic E-state index is 0.248. The lowest BCUT2D eigenvalue weighted by Crippen LogP contribution is -2.27. The van der Waals surface area contributed by atoms with Crippen LogP contribution < -0.4 is 5.32 Å². The second-order valence-electron chi connectivity index (χ2n) is 4.50. The number of hydrogen-bond acceptors (Lipinski definition) is 4. The first-order valence-electron chi connectivity index (χ1n) is 6.33. The maximum atomic E-state index is 11.2. The van der Waals surface area contributed by atoms with Crippen LogP contribution in [0.1, 0.15) is 18.4 Å². The monoisotopic (exact) mass is 284 g/mol. The Balaban J connectivity index is 1.49. The van der Waals surface area contributed by atoms with Gasteiger partial charge in [-0.2, -0.15) is 0 Å².